The number of hydrogen-bond acceptors (Lipinski definition) is 3. The normalized spacial score (nSPS) is 12.7. The number of hydrogen-bond donors (Lipinski definition) is 2. The van der Waals surface area contributed by atoms with Gasteiger partial charge in [-0.2, -0.15) is 25.3 Å². The van der Waals surface area contributed by atoms with Gasteiger partial charge in [0.2, 0.25) is 0 Å². The summed E-state index contributed by atoms with van der Waals surface area (Å²) in [5.41, 5.74) is 5.51. The summed E-state index contributed by atoms with van der Waals surface area (Å²) in [6.45, 7) is 6.04. The molecule has 0 radical (unpaired) electrons. The third-order valence-electron chi connectivity index (χ3n) is 7.94. The maximum absolute atomic E-state index is 5.97. The van der Waals surface area contributed by atoms with Crippen molar-refractivity contribution in [2.75, 3.05) is 13.2 Å². The van der Waals surface area contributed by atoms with Gasteiger partial charge in [0, 0.05) is 23.7 Å². The Labute approximate surface area is 302 Å². The van der Waals surface area contributed by atoms with Crippen LogP contribution in [0, 0.1) is 0 Å². The van der Waals surface area contributed by atoms with Gasteiger partial charge in [0.15, 0.2) is 0 Å². The molecule has 0 aliphatic rings. The zero-order valence-corrected chi connectivity index (χ0v) is 27.0. The Morgan fingerprint density at radius 2 is 0.825 bits per heavy atom. The summed E-state index contributed by atoms with van der Waals surface area (Å²) < 4.78 is 5.97. The second-order valence-electron chi connectivity index (χ2n) is 11.4. The molecule has 1 nitrogen and oxygen atoms in total. The molecule has 0 fully saturated rings. The van der Waals surface area contributed by atoms with Gasteiger partial charge in [0.1, 0.15) is 0 Å². The van der Waals surface area contributed by atoms with Crippen molar-refractivity contribution >= 4 is 76.6 Å². The number of ether oxygens (including phenoxy) is 1. The van der Waals surface area contributed by atoms with E-state index in [2.05, 4.69) is 62.4 Å². The van der Waals surface area contributed by atoms with Crippen molar-refractivity contribution in [2.24, 2.45) is 0 Å². The second kappa shape index (κ2) is 26.2. The Kier molecular flexibility index (Phi) is 25.4. The minimum atomic E-state index is 0. The Morgan fingerprint density at radius 1 is 0.500 bits per heavy atom. The summed E-state index contributed by atoms with van der Waals surface area (Å²) in [5.74, 6) is 0. The van der Waals surface area contributed by atoms with Crippen LogP contribution in [0.4, 0.5) is 0 Å². The molecule has 0 bridgehead atoms. The van der Waals surface area contributed by atoms with Crippen molar-refractivity contribution in [3.8, 4) is 0 Å². The van der Waals surface area contributed by atoms with Crippen LogP contribution in [0.3, 0.4) is 0 Å². The first-order valence-corrected chi connectivity index (χ1v) is 17.3. The van der Waals surface area contributed by atoms with E-state index in [-0.39, 0.29) is 61.9 Å². The molecule has 0 saturated heterocycles. The van der Waals surface area contributed by atoms with Crippen LogP contribution in [0.15, 0.2) is 48.5 Å². The first kappa shape index (κ1) is 38.8. The monoisotopic (exact) mass is 610 g/mol. The second-order valence-corrected chi connectivity index (χ2v) is 12.7. The van der Waals surface area contributed by atoms with Crippen LogP contribution in [0.5, 0.6) is 0 Å². The summed E-state index contributed by atoms with van der Waals surface area (Å²) in [6.07, 6.45) is 23.4. The first-order valence-electron chi connectivity index (χ1n) is 16.3. The zero-order chi connectivity index (χ0) is 28.0. The fourth-order valence-electron chi connectivity index (χ4n) is 5.21. The van der Waals surface area contributed by atoms with E-state index in [1.54, 1.807) is 0 Å². The number of thiol groups is 2. The summed E-state index contributed by atoms with van der Waals surface area (Å²) in [5, 5.41) is 0.460. The quantitative estimate of drug-likeness (QED) is 0.0683. The third-order valence-corrected chi connectivity index (χ3v) is 9.05. The van der Waals surface area contributed by atoms with Crippen molar-refractivity contribution in [1.82, 2.24) is 0 Å². The van der Waals surface area contributed by atoms with E-state index in [0.717, 1.165) is 26.1 Å². The molecular formula is C36H59KOS2. The van der Waals surface area contributed by atoms with E-state index >= 15 is 0 Å². The van der Waals surface area contributed by atoms with Gasteiger partial charge in [0.25, 0.3) is 0 Å². The van der Waals surface area contributed by atoms with Crippen LogP contribution < -0.4 is 0 Å². The molecule has 2 aromatic rings. The number of rotatable bonds is 24. The minimum absolute atomic E-state index is 0. The maximum atomic E-state index is 5.97. The van der Waals surface area contributed by atoms with E-state index < -0.39 is 0 Å². The average Bonchev–Trinajstić information content (AvgIpc) is 2.96. The van der Waals surface area contributed by atoms with Crippen LogP contribution in [-0.2, 0) is 17.6 Å². The third kappa shape index (κ3) is 18.4. The van der Waals surface area contributed by atoms with Crippen LogP contribution in [-0.4, -0.2) is 64.6 Å². The van der Waals surface area contributed by atoms with Crippen molar-refractivity contribution in [3.63, 3.8) is 0 Å². The summed E-state index contributed by atoms with van der Waals surface area (Å²) >= 11 is 9.69. The van der Waals surface area contributed by atoms with Crippen LogP contribution in [0.25, 0.3) is 0 Å². The van der Waals surface area contributed by atoms with Crippen LogP contribution >= 0.6 is 25.3 Å². The van der Waals surface area contributed by atoms with E-state index in [4.69, 9.17) is 30.0 Å². The van der Waals surface area contributed by atoms with E-state index in [1.165, 1.54) is 125 Å². The van der Waals surface area contributed by atoms with Gasteiger partial charge < -0.3 is 4.74 Å². The van der Waals surface area contributed by atoms with Crippen molar-refractivity contribution < 1.29 is 4.74 Å². The molecule has 0 amide bonds. The van der Waals surface area contributed by atoms with Gasteiger partial charge in [-0.15, -0.1) is 0 Å². The van der Waals surface area contributed by atoms with Gasteiger partial charge in [-0.1, -0.05) is 139 Å². The van der Waals surface area contributed by atoms with Gasteiger partial charge in [-0.05, 0) is 60.8 Å². The van der Waals surface area contributed by atoms with Crippen LogP contribution in [0.2, 0.25) is 0 Å². The summed E-state index contributed by atoms with van der Waals surface area (Å²) in [7, 11) is 0. The summed E-state index contributed by atoms with van der Waals surface area (Å²) in [6, 6.07) is 18.2. The fraction of sp³-hybridized carbons (Fsp3) is 0.667. The van der Waals surface area contributed by atoms with Crippen LogP contribution in [0.1, 0.15) is 149 Å². The van der Waals surface area contributed by atoms with Crippen molar-refractivity contribution in [2.45, 2.75) is 140 Å². The number of unbranched alkanes of at least 4 members (excludes halogenated alkanes) is 12. The molecule has 0 N–H and O–H groups in total. The topological polar surface area (TPSA) is 9.23 Å². The molecule has 4 heteroatoms. The molecule has 40 heavy (non-hydrogen) atoms. The molecule has 2 rings (SSSR count). The number of aryl methyl sites for hydroxylation is 2. The molecule has 2 aromatic carbocycles. The molecule has 2 atom stereocenters. The number of benzene rings is 2. The van der Waals surface area contributed by atoms with Gasteiger partial charge >= 0.3 is 51.4 Å². The SMILES string of the molecule is CCCCCCCCCc1ccc(C(S)CCOCCC(S)c2ccc(CCCCCCCCC)cc2)cc1.[KH]. The van der Waals surface area contributed by atoms with E-state index in [9.17, 15) is 0 Å². The standard InChI is InChI=1S/C36H58OS2.K.H/c1-3-5-7-9-11-13-15-17-31-19-23-33(24-20-31)35(38)27-29-37-30-28-36(39)34-25-21-32(22-26-34)18-16-14-12-10-8-6-4-2;;/h19-26,35-36,38-39H,3-18,27-30H2,1-2H3;;. The molecule has 0 heterocycles. The Morgan fingerprint density at radius 3 is 1.18 bits per heavy atom. The molecule has 0 aliphatic carbocycles. The van der Waals surface area contributed by atoms with E-state index in [1.807, 2.05) is 0 Å². The molecule has 0 aliphatic heterocycles. The fourth-order valence-corrected chi connectivity index (χ4v) is 5.77. The van der Waals surface area contributed by atoms with Gasteiger partial charge in [0.05, 0.1) is 0 Å². The predicted molar refractivity (Wildman–Crippen MR) is 187 cm³/mol. The van der Waals surface area contributed by atoms with Gasteiger partial charge in [-0.3, -0.25) is 0 Å². The molecule has 0 spiro atoms. The Bertz CT molecular complexity index is 754. The van der Waals surface area contributed by atoms with Crippen molar-refractivity contribution in [1.29, 1.82) is 0 Å². The molecule has 0 aromatic heterocycles. The molecule has 2 unspecified atom stereocenters. The zero-order valence-electron chi connectivity index (χ0n) is 25.2. The Balaban J connectivity index is 0.00000800. The molecule has 222 valence electrons. The van der Waals surface area contributed by atoms with Gasteiger partial charge in [-0.25, -0.2) is 0 Å². The summed E-state index contributed by atoms with van der Waals surface area (Å²) in [4.78, 5) is 0. The first-order chi connectivity index (χ1) is 19.1. The Hall–Kier alpha value is 0.736. The molecular weight excluding hydrogens is 552 g/mol. The van der Waals surface area contributed by atoms with E-state index in [0.29, 0.717) is 0 Å². The predicted octanol–water partition coefficient (Wildman–Crippen LogP) is 11.1. The van der Waals surface area contributed by atoms with Crippen molar-refractivity contribution in [3.05, 3.63) is 70.8 Å². The average molecular weight is 611 g/mol. The molecule has 0 saturated carbocycles.